The lowest BCUT2D eigenvalue weighted by Crippen LogP contribution is -2.87. The van der Waals surface area contributed by atoms with Crippen molar-refractivity contribution < 1.29 is 14.9 Å². The third-order valence-electron chi connectivity index (χ3n) is 3.56. The predicted molar refractivity (Wildman–Crippen MR) is 86.4 cm³/mol. The summed E-state index contributed by atoms with van der Waals surface area (Å²) in [5.41, 5.74) is 1.18. The van der Waals surface area contributed by atoms with Gasteiger partial charge >= 0.3 is 6.03 Å². The fraction of sp³-hybridized carbons (Fsp3) is 0.294. The van der Waals surface area contributed by atoms with Crippen molar-refractivity contribution in [3.05, 3.63) is 48.0 Å². The Balaban J connectivity index is 1.98. The van der Waals surface area contributed by atoms with Gasteiger partial charge in [0.05, 0.1) is 0 Å². The number of urea groups is 1. The van der Waals surface area contributed by atoms with Crippen molar-refractivity contribution in [2.75, 3.05) is 13.1 Å². The Hall–Kier alpha value is -2.40. The number of hydrogen-bond acceptors (Lipinski definition) is 2. The van der Waals surface area contributed by atoms with Crippen LogP contribution in [0.5, 0.6) is 0 Å². The molecule has 22 heavy (non-hydrogen) atoms. The van der Waals surface area contributed by atoms with Crippen LogP contribution in [0.15, 0.2) is 42.5 Å². The molecule has 0 aliphatic heterocycles. The second kappa shape index (κ2) is 7.56. The van der Waals surface area contributed by atoms with Crippen molar-refractivity contribution in [3.8, 4) is 0 Å². The first-order valence-corrected chi connectivity index (χ1v) is 7.50. The van der Waals surface area contributed by atoms with E-state index >= 15 is 0 Å². The molecule has 0 spiro atoms. The first-order chi connectivity index (χ1) is 10.6. The van der Waals surface area contributed by atoms with E-state index < -0.39 is 6.03 Å². The number of amides is 3. The Kier molecular flexibility index (Phi) is 5.49. The number of quaternary nitrogens is 1. The van der Waals surface area contributed by atoms with Crippen LogP contribution >= 0.6 is 0 Å². The molecule has 2 rings (SSSR count). The van der Waals surface area contributed by atoms with Crippen LogP contribution in [0.2, 0.25) is 0 Å². The molecule has 0 bridgehead atoms. The molecular formula is C17H22N3O2+. The standard InChI is InChI=1S/C17H21N3O2/c1-3-18-17(22)20-16(21)11-19-12(2)14-10-6-8-13-7-4-5-9-15(13)14/h4-10,12,19H,3,11H2,1-2H3,(H2,18,20,21,22)/p+1/t12-/m1/s1. The summed E-state index contributed by atoms with van der Waals surface area (Å²) in [4.78, 5) is 23.0. The number of nitrogens with two attached hydrogens (primary N) is 1. The highest BCUT2D eigenvalue weighted by Crippen LogP contribution is 2.21. The van der Waals surface area contributed by atoms with Gasteiger partial charge in [-0.05, 0) is 24.6 Å². The Morgan fingerprint density at radius 1 is 1.14 bits per heavy atom. The second-order valence-corrected chi connectivity index (χ2v) is 5.20. The largest absolute Gasteiger partial charge is 0.338 e. The van der Waals surface area contributed by atoms with Gasteiger partial charge < -0.3 is 10.6 Å². The molecule has 5 nitrogen and oxygen atoms in total. The van der Waals surface area contributed by atoms with Gasteiger partial charge in [0.2, 0.25) is 0 Å². The monoisotopic (exact) mass is 300 g/mol. The zero-order valence-corrected chi connectivity index (χ0v) is 12.9. The maximum absolute atomic E-state index is 11.7. The summed E-state index contributed by atoms with van der Waals surface area (Å²) in [5, 5.41) is 9.15. The van der Waals surface area contributed by atoms with Crippen molar-refractivity contribution in [2.45, 2.75) is 19.9 Å². The van der Waals surface area contributed by atoms with Gasteiger partial charge in [0.25, 0.3) is 5.91 Å². The van der Waals surface area contributed by atoms with E-state index in [1.54, 1.807) is 6.92 Å². The summed E-state index contributed by atoms with van der Waals surface area (Å²) < 4.78 is 0. The highest BCUT2D eigenvalue weighted by molar-refractivity contribution is 5.94. The van der Waals surface area contributed by atoms with Crippen molar-refractivity contribution in [2.24, 2.45) is 0 Å². The Bertz CT molecular complexity index is 665. The summed E-state index contributed by atoms with van der Waals surface area (Å²) in [7, 11) is 0. The molecule has 2 aromatic rings. The van der Waals surface area contributed by atoms with Crippen LogP contribution in [0.1, 0.15) is 25.5 Å². The van der Waals surface area contributed by atoms with E-state index in [-0.39, 0.29) is 18.5 Å². The Morgan fingerprint density at radius 2 is 1.86 bits per heavy atom. The van der Waals surface area contributed by atoms with Crippen LogP contribution in [0, 0.1) is 0 Å². The molecule has 0 aromatic heterocycles. The van der Waals surface area contributed by atoms with Crippen LogP contribution < -0.4 is 16.0 Å². The van der Waals surface area contributed by atoms with E-state index in [0.717, 1.165) is 0 Å². The molecular weight excluding hydrogens is 278 g/mol. The van der Waals surface area contributed by atoms with Crippen molar-refractivity contribution in [3.63, 3.8) is 0 Å². The van der Waals surface area contributed by atoms with Crippen LogP contribution in [0.3, 0.4) is 0 Å². The lowest BCUT2D eigenvalue weighted by Gasteiger charge is -2.13. The highest BCUT2D eigenvalue weighted by Gasteiger charge is 2.15. The molecule has 0 unspecified atom stereocenters. The summed E-state index contributed by atoms with van der Waals surface area (Å²) >= 11 is 0. The fourth-order valence-corrected chi connectivity index (χ4v) is 2.44. The van der Waals surface area contributed by atoms with Crippen molar-refractivity contribution in [1.82, 2.24) is 10.6 Å². The van der Waals surface area contributed by atoms with Gasteiger partial charge in [-0.25, -0.2) is 4.79 Å². The molecule has 4 N–H and O–H groups in total. The molecule has 5 heteroatoms. The maximum Gasteiger partial charge on any atom is 0.321 e. The molecule has 0 saturated heterocycles. The minimum absolute atomic E-state index is 0.131. The number of rotatable bonds is 5. The fourth-order valence-electron chi connectivity index (χ4n) is 2.44. The number of benzene rings is 2. The topological polar surface area (TPSA) is 74.8 Å². The highest BCUT2D eigenvalue weighted by atomic mass is 16.2. The summed E-state index contributed by atoms with van der Waals surface area (Å²) in [5.74, 6) is -0.293. The van der Waals surface area contributed by atoms with Crippen molar-refractivity contribution in [1.29, 1.82) is 0 Å². The number of carbonyl (C=O) groups is 2. The van der Waals surface area contributed by atoms with E-state index in [2.05, 4.69) is 41.8 Å². The van der Waals surface area contributed by atoms with E-state index in [9.17, 15) is 9.59 Å². The van der Waals surface area contributed by atoms with Gasteiger partial charge in [-0.2, -0.15) is 0 Å². The number of imide groups is 1. The molecule has 2 aromatic carbocycles. The second-order valence-electron chi connectivity index (χ2n) is 5.20. The average molecular weight is 300 g/mol. The van der Waals surface area contributed by atoms with Gasteiger partial charge in [-0.1, -0.05) is 42.5 Å². The Labute approximate surface area is 130 Å². The molecule has 0 saturated carbocycles. The average Bonchev–Trinajstić information content (AvgIpc) is 2.52. The molecule has 0 heterocycles. The van der Waals surface area contributed by atoms with E-state index in [4.69, 9.17) is 0 Å². The lowest BCUT2D eigenvalue weighted by molar-refractivity contribution is -0.682. The van der Waals surface area contributed by atoms with Crippen molar-refractivity contribution >= 4 is 22.7 Å². The normalized spacial score (nSPS) is 11.9. The van der Waals surface area contributed by atoms with E-state index in [1.165, 1.54) is 16.3 Å². The molecule has 1 atom stereocenters. The molecule has 0 aliphatic carbocycles. The van der Waals surface area contributed by atoms with Crippen LogP contribution in [-0.2, 0) is 4.79 Å². The number of hydrogen-bond donors (Lipinski definition) is 3. The smallest absolute Gasteiger partial charge is 0.321 e. The first kappa shape index (κ1) is 16.0. The van der Waals surface area contributed by atoms with E-state index in [0.29, 0.717) is 6.54 Å². The minimum Gasteiger partial charge on any atom is -0.338 e. The zero-order chi connectivity index (χ0) is 15.9. The molecule has 116 valence electrons. The molecule has 3 amide bonds. The lowest BCUT2D eigenvalue weighted by atomic mass is 10.00. The van der Waals surface area contributed by atoms with Gasteiger partial charge in [-0.15, -0.1) is 0 Å². The summed E-state index contributed by atoms with van der Waals surface area (Å²) in [6, 6.07) is 14.1. The van der Waals surface area contributed by atoms with Gasteiger partial charge in [0.15, 0.2) is 6.54 Å². The van der Waals surface area contributed by atoms with Crippen LogP contribution in [0.25, 0.3) is 10.8 Å². The maximum atomic E-state index is 11.7. The number of carbonyl (C=O) groups excluding carboxylic acids is 2. The molecule has 0 radical (unpaired) electrons. The van der Waals surface area contributed by atoms with Gasteiger partial charge in [-0.3, -0.25) is 10.1 Å². The Morgan fingerprint density at radius 3 is 2.64 bits per heavy atom. The molecule has 0 aliphatic rings. The predicted octanol–water partition coefficient (Wildman–Crippen LogP) is 1.31. The zero-order valence-electron chi connectivity index (χ0n) is 12.9. The molecule has 0 fully saturated rings. The minimum atomic E-state index is -0.446. The van der Waals surface area contributed by atoms with Gasteiger partial charge in [0.1, 0.15) is 6.04 Å². The van der Waals surface area contributed by atoms with Gasteiger partial charge in [0, 0.05) is 12.1 Å². The number of fused-ring (bicyclic) bond motifs is 1. The van der Waals surface area contributed by atoms with E-state index in [1.807, 2.05) is 23.5 Å². The first-order valence-electron chi connectivity index (χ1n) is 7.50. The van der Waals surface area contributed by atoms with Crippen LogP contribution in [0.4, 0.5) is 4.79 Å². The SMILES string of the molecule is CCNC(=O)NC(=O)C[NH2+][C@H](C)c1cccc2ccccc12. The summed E-state index contributed by atoms with van der Waals surface area (Å²) in [6.07, 6.45) is 0. The third-order valence-corrected chi connectivity index (χ3v) is 3.56. The van der Waals surface area contributed by atoms with Crippen LogP contribution in [-0.4, -0.2) is 25.0 Å². The quantitative estimate of drug-likeness (QED) is 0.779. The summed E-state index contributed by atoms with van der Waals surface area (Å²) in [6.45, 7) is 4.57. The third kappa shape index (κ3) is 4.05. The number of nitrogens with one attached hydrogen (secondary N) is 2.